The minimum Gasteiger partial charge on any atom is -0.404 e. The van der Waals surface area contributed by atoms with Gasteiger partial charge in [0.15, 0.2) is 12.1 Å². The molecule has 168 valence electrons. The lowest BCUT2D eigenvalue weighted by atomic mass is 10.1. The second-order valence-electron chi connectivity index (χ2n) is 6.56. The van der Waals surface area contributed by atoms with Gasteiger partial charge in [0.1, 0.15) is 0 Å². The van der Waals surface area contributed by atoms with Gasteiger partial charge in [0.2, 0.25) is 0 Å². The number of nitrogens with two attached hydrogens (primary N) is 1. The molecule has 1 aromatic carbocycles. The second-order valence-corrected chi connectivity index (χ2v) is 7.00. The van der Waals surface area contributed by atoms with E-state index in [0.29, 0.717) is 28.4 Å². The van der Waals surface area contributed by atoms with Crippen LogP contribution < -0.4 is 11.1 Å². The summed E-state index contributed by atoms with van der Waals surface area (Å²) in [5, 5.41) is 3.82. The molecule has 0 aliphatic heterocycles. The molecule has 0 saturated carbocycles. The first-order valence-corrected chi connectivity index (χ1v) is 10.4. The molecular weight excluding hydrogens is 422 g/mol. The van der Waals surface area contributed by atoms with E-state index in [2.05, 4.69) is 33.3 Å². The number of carbonyl (C=O) groups excluding carboxylic acids is 1. The number of allylic oxidation sites excluding steroid dienone is 5. The number of carbonyl (C=O) groups is 1. The molecule has 1 heterocycles. The van der Waals surface area contributed by atoms with Crippen molar-refractivity contribution in [3.63, 3.8) is 0 Å². The largest absolute Gasteiger partial charge is 0.404 e. The number of halogens is 1. The zero-order valence-electron chi connectivity index (χ0n) is 19.1. The van der Waals surface area contributed by atoms with Gasteiger partial charge >= 0.3 is 0 Å². The van der Waals surface area contributed by atoms with Gasteiger partial charge in [-0.1, -0.05) is 35.9 Å². The van der Waals surface area contributed by atoms with Crippen LogP contribution in [0.25, 0.3) is 5.57 Å². The van der Waals surface area contributed by atoms with Gasteiger partial charge in [0.05, 0.1) is 11.3 Å². The van der Waals surface area contributed by atoms with Gasteiger partial charge < -0.3 is 11.1 Å². The number of aldehydes is 1. The number of anilines is 1. The van der Waals surface area contributed by atoms with E-state index in [-0.39, 0.29) is 0 Å². The number of rotatable bonds is 6. The normalized spacial score (nSPS) is 12.9. The highest BCUT2D eigenvalue weighted by Gasteiger charge is 2.05. The smallest absolute Gasteiger partial charge is 0.154 e. The van der Waals surface area contributed by atoms with Crippen LogP contribution in [0, 0.1) is 6.92 Å². The molecule has 0 atom stereocenters. The first kappa shape index (κ1) is 26.5. The molecule has 0 aliphatic rings. The number of nitrogens with zero attached hydrogens (tertiary/aromatic N) is 3. The molecular formula is C25H30ClN5O. The van der Waals surface area contributed by atoms with Crippen molar-refractivity contribution >= 4 is 40.7 Å². The maximum absolute atomic E-state index is 10.3. The molecule has 3 N–H and O–H groups in total. The Hall–Kier alpha value is -3.51. The number of aliphatic imine (C=N–C) groups is 2. The van der Waals surface area contributed by atoms with Gasteiger partial charge in [-0.25, -0.2) is 4.99 Å². The van der Waals surface area contributed by atoms with E-state index < -0.39 is 0 Å². The summed E-state index contributed by atoms with van der Waals surface area (Å²) in [4.78, 5) is 23.1. The number of nitrogens with one attached hydrogen (secondary N) is 1. The zero-order valence-corrected chi connectivity index (χ0v) is 19.9. The summed E-state index contributed by atoms with van der Waals surface area (Å²) in [7, 11) is 3.64. The molecule has 0 radical (unpaired) electrons. The van der Waals surface area contributed by atoms with Crippen molar-refractivity contribution in [2.75, 3.05) is 19.4 Å². The molecule has 0 amide bonds. The first-order chi connectivity index (χ1) is 15.4. The average molecular weight is 452 g/mol. The predicted octanol–water partition coefficient (Wildman–Crippen LogP) is 5.15. The van der Waals surface area contributed by atoms with E-state index in [0.717, 1.165) is 17.0 Å². The number of hydrogen-bond acceptors (Lipinski definition) is 5. The summed E-state index contributed by atoms with van der Waals surface area (Å²) in [5.74, 6) is 0.685. The van der Waals surface area contributed by atoms with Crippen molar-refractivity contribution in [3.05, 3.63) is 88.9 Å². The molecule has 0 fully saturated rings. The number of aryl methyl sites for hydroxylation is 1. The summed E-state index contributed by atoms with van der Waals surface area (Å²) in [6, 6.07) is 11.4. The fourth-order valence-electron chi connectivity index (χ4n) is 2.60. The number of amidine groups is 1. The van der Waals surface area contributed by atoms with Crippen LogP contribution in [0.15, 0.2) is 82.0 Å². The Morgan fingerprint density at radius 3 is 2.53 bits per heavy atom. The lowest BCUT2D eigenvalue weighted by Gasteiger charge is -2.08. The molecule has 32 heavy (non-hydrogen) atoms. The molecule has 0 bridgehead atoms. The highest BCUT2D eigenvalue weighted by Crippen LogP contribution is 2.17. The molecule has 1 aromatic heterocycles. The van der Waals surface area contributed by atoms with Crippen LogP contribution in [0.5, 0.6) is 0 Å². The minimum atomic E-state index is 0.408. The van der Waals surface area contributed by atoms with Crippen LogP contribution in [-0.2, 0) is 4.79 Å². The molecule has 0 aliphatic carbocycles. The second kappa shape index (κ2) is 14.5. The molecule has 0 saturated heterocycles. The third-order valence-electron chi connectivity index (χ3n) is 4.20. The highest BCUT2D eigenvalue weighted by molar-refractivity contribution is 6.33. The standard InChI is InChI=1S/C17H22ClN3.C8H8N2O/c1-6-7-15(18)10-13(3)21-17(20-5)14-9-8-12(2)16(11-14)19-4;9-5-7(6-11)8-3-1-2-4-10-8/h6-11,19H,1-5H3;1-6H,9H2/b7-6-,15-10+,20-17?,21-13?;7-5-. The van der Waals surface area contributed by atoms with Crippen LogP contribution in [0.4, 0.5) is 5.69 Å². The minimum absolute atomic E-state index is 0.408. The quantitative estimate of drug-likeness (QED) is 0.209. The molecule has 2 aromatic rings. The van der Waals surface area contributed by atoms with Crippen molar-refractivity contribution in [1.82, 2.24) is 4.98 Å². The third-order valence-corrected chi connectivity index (χ3v) is 4.43. The number of benzene rings is 1. The number of hydrogen-bond donors (Lipinski definition) is 2. The van der Waals surface area contributed by atoms with Crippen molar-refractivity contribution < 1.29 is 4.79 Å². The predicted molar refractivity (Wildman–Crippen MR) is 138 cm³/mol. The molecule has 7 heteroatoms. The van der Waals surface area contributed by atoms with Gasteiger partial charge in [0, 0.05) is 48.5 Å². The van der Waals surface area contributed by atoms with Crippen molar-refractivity contribution in [3.8, 4) is 0 Å². The van der Waals surface area contributed by atoms with Gasteiger partial charge in [0.25, 0.3) is 0 Å². The Balaban J connectivity index is 0.000000389. The highest BCUT2D eigenvalue weighted by atomic mass is 35.5. The molecule has 0 spiro atoms. The summed E-state index contributed by atoms with van der Waals surface area (Å²) < 4.78 is 0. The summed E-state index contributed by atoms with van der Waals surface area (Å²) >= 11 is 6.06. The van der Waals surface area contributed by atoms with E-state index in [9.17, 15) is 4.79 Å². The van der Waals surface area contributed by atoms with Crippen LogP contribution >= 0.6 is 11.6 Å². The van der Waals surface area contributed by atoms with Gasteiger partial charge in [-0.15, -0.1) is 0 Å². The van der Waals surface area contributed by atoms with Gasteiger partial charge in [-0.05, 0) is 56.7 Å². The first-order valence-electron chi connectivity index (χ1n) is 9.99. The number of aromatic nitrogens is 1. The Labute approximate surface area is 195 Å². The lowest BCUT2D eigenvalue weighted by molar-refractivity contribution is -0.103. The van der Waals surface area contributed by atoms with Gasteiger partial charge in [-0.2, -0.15) is 0 Å². The monoisotopic (exact) mass is 451 g/mol. The average Bonchev–Trinajstić information content (AvgIpc) is 2.80. The maximum atomic E-state index is 10.3. The zero-order chi connectivity index (χ0) is 23.9. The summed E-state index contributed by atoms with van der Waals surface area (Å²) in [6.07, 6.45) is 9.08. The molecule has 6 nitrogen and oxygen atoms in total. The molecule has 2 rings (SSSR count). The van der Waals surface area contributed by atoms with E-state index in [1.165, 1.54) is 11.8 Å². The summed E-state index contributed by atoms with van der Waals surface area (Å²) in [5.41, 5.74) is 10.2. The van der Waals surface area contributed by atoms with Crippen LogP contribution in [0.2, 0.25) is 0 Å². The maximum Gasteiger partial charge on any atom is 0.154 e. The molecule has 0 unspecified atom stereocenters. The summed E-state index contributed by atoms with van der Waals surface area (Å²) in [6.45, 7) is 5.89. The van der Waals surface area contributed by atoms with E-state index in [4.69, 9.17) is 17.3 Å². The SMILES string of the molecule is C/C=C\C(Cl)=C/C(C)=NC(=NC)c1ccc(C)c(NC)c1.N/C=C(/C=O)c1ccccn1. The Bertz CT molecular complexity index is 1040. The Morgan fingerprint density at radius 2 is 2.00 bits per heavy atom. The topological polar surface area (TPSA) is 92.7 Å². The lowest BCUT2D eigenvalue weighted by Crippen LogP contribution is -2.03. The fraction of sp³-hybridized carbons (Fsp3) is 0.200. The number of pyridine rings is 1. The van der Waals surface area contributed by atoms with Crippen LogP contribution in [0.3, 0.4) is 0 Å². The fourth-order valence-corrected chi connectivity index (χ4v) is 2.88. The van der Waals surface area contributed by atoms with E-state index >= 15 is 0 Å². The van der Waals surface area contributed by atoms with Crippen LogP contribution in [-0.4, -0.2) is 36.9 Å². The van der Waals surface area contributed by atoms with E-state index in [1.54, 1.807) is 31.4 Å². The Kier molecular flexibility index (Phi) is 12.0. The Morgan fingerprint density at radius 1 is 1.25 bits per heavy atom. The van der Waals surface area contributed by atoms with Gasteiger partial charge in [-0.3, -0.25) is 14.8 Å². The van der Waals surface area contributed by atoms with Crippen LogP contribution in [0.1, 0.15) is 30.7 Å². The van der Waals surface area contributed by atoms with E-state index in [1.807, 2.05) is 51.3 Å². The van der Waals surface area contributed by atoms with Crippen molar-refractivity contribution in [1.29, 1.82) is 0 Å². The van der Waals surface area contributed by atoms with Crippen molar-refractivity contribution in [2.24, 2.45) is 15.7 Å². The van der Waals surface area contributed by atoms with Crippen molar-refractivity contribution in [2.45, 2.75) is 20.8 Å². The third kappa shape index (κ3) is 8.70.